The summed E-state index contributed by atoms with van der Waals surface area (Å²) in [6.45, 7) is 3.74. The summed E-state index contributed by atoms with van der Waals surface area (Å²) in [5.74, 6) is 0.372. The first-order chi connectivity index (χ1) is 12.0. The Balaban J connectivity index is 1.80. The predicted molar refractivity (Wildman–Crippen MR) is 97.9 cm³/mol. The highest BCUT2D eigenvalue weighted by atomic mass is 32.2. The number of benzene rings is 1. The minimum atomic E-state index is -3.77. The summed E-state index contributed by atoms with van der Waals surface area (Å²) in [7, 11) is -3.77. The number of sulfonamides is 1. The molecule has 0 unspecified atom stereocenters. The van der Waals surface area contributed by atoms with Crippen molar-refractivity contribution in [2.24, 2.45) is 0 Å². The van der Waals surface area contributed by atoms with E-state index in [0.29, 0.717) is 22.9 Å². The average molecular weight is 380 g/mol. The van der Waals surface area contributed by atoms with E-state index in [1.54, 1.807) is 35.2 Å². The van der Waals surface area contributed by atoms with E-state index in [-0.39, 0.29) is 10.1 Å². The zero-order valence-corrected chi connectivity index (χ0v) is 15.5. The normalized spacial score (nSPS) is 14.5. The smallest absolute Gasteiger partial charge is 0.271 e. The number of nitrogens with zero attached hydrogens (tertiary/aromatic N) is 1. The van der Waals surface area contributed by atoms with E-state index in [9.17, 15) is 13.2 Å². The number of rotatable bonds is 6. The molecule has 8 heteroatoms. The minimum Gasteiger partial charge on any atom is -0.492 e. The second-order valence-corrected chi connectivity index (χ2v) is 8.65. The number of hydrogen-bond donors (Lipinski definition) is 1. The lowest BCUT2D eigenvalue weighted by molar-refractivity contribution is 0.0797. The maximum atomic E-state index is 12.6. The third kappa shape index (κ3) is 3.96. The second-order valence-electron chi connectivity index (χ2n) is 5.65. The Morgan fingerprint density at radius 3 is 2.64 bits per heavy atom. The van der Waals surface area contributed by atoms with Crippen LogP contribution in [0.2, 0.25) is 0 Å². The van der Waals surface area contributed by atoms with Gasteiger partial charge in [0.15, 0.2) is 0 Å². The third-order valence-corrected chi connectivity index (χ3v) is 6.81. The van der Waals surface area contributed by atoms with Crippen molar-refractivity contribution in [1.29, 1.82) is 0 Å². The van der Waals surface area contributed by atoms with Crippen molar-refractivity contribution in [2.75, 3.05) is 24.4 Å². The number of likely N-dealkylation sites (tertiary alicyclic amines) is 1. The number of amides is 1. The van der Waals surface area contributed by atoms with Crippen LogP contribution in [0.5, 0.6) is 5.75 Å². The maximum absolute atomic E-state index is 12.6. The SMILES string of the molecule is CCOc1ccccc1NS(=O)(=O)c1ccc(C(=O)N2CCCC2)s1. The minimum absolute atomic E-state index is 0.0985. The number of thiophene rings is 1. The number of carbonyl (C=O) groups is 1. The molecular weight excluding hydrogens is 360 g/mol. The van der Waals surface area contributed by atoms with Gasteiger partial charge in [-0.15, -0.1) is 11.3 Å². The van der Waals surface area contributed by atoms with Gasteiger partial charge in [0.05, 0.1) is 17.2 Å². The summed E-state index contributed by atoms with van der Waals surface area (Å²) < 4.78 is 33.4. The van der Waals surface area contributed by atoms with Gasteiger partial charge in [-0.25, -0.2) is 8.42 Å². The Kier molecular flexibility index (Phi) is 5.29. The van der Waals surface area contributed by atoms with Gasteiger partial charge in [-0.3, -0.25) is 9.52 Å². The summed E-state index contributed by atoms with van der Waals surface area (Å²) in [6, 6.07) is 9.91. The van der Waals surface area contributed by atoms with Gasteiger partial charge in [0.2, 0.25) is 0 Å². The number of carbonyl (C=O) groups excluding carboxylic acids is 1. The fourth-order valence-corrected chi connectivity index (χ4v) is 5.03. The molecule has 0 saturated carbocycles. The molecular formula is C17H20N2O4S2. The lowest BCUT2D eigenvalue weighted by Gasteiger charge is -2.13. The lowest BCUT2D eigenvalue weighted by atomic mass is 10.3. The molecule has 134 valence electrons. The highest BCUT2D eigenvalue weighted by Crippen LogP contribution is 2.30. The van der Waals surface area contributed by atoms with Gasteiger partial charge in [0, 0.05) is 13.1 Å². The highest BCUT2D eigenvalue weighted by Gasteiger charge is 2.24. The van der Waals surface area contributed by atoms with Gasteiger partial charge in [0.25, 0.3) is 15.9 Å². The van der Waals surface area contributed by atoms with Crippen molar-refractivity contribution in [3.8, 4) is 5.75 Å². The van der Waals surface area contributed by atoms with Crippen LogP contribution in [0, 0.1) is 0 Å². The van der Waals surface area contributed by atoms with Gasteiger partial charge >= 0.3 is 0 Å². The Morgan fingerprint density at radius 1 is 1.20 bits per heavy atom. The molecule has 1 aliphatic rings. The highest BCUT2D eigenvalue weighted by molar-refractivity contribution is 7.94. The molecule has 2 heterocycles. The van der Waals surface area contributed by atoms with E-state index in [4.69, 9.17) is 4.74 Å². The summed E-state index contributed by atoms with van der Waals surface area (Å²) in [5, 5.41) is 0. The first kappa shape index (κ1) is 17.8. The Morgan fingerprint density at radius 2 is 1.92 bits per heavy atom. The van der Waals surface area contributed by atoms with Gasteiger partial charge < -0.3 is 9.64 Å². The molecule has 0 radical (unpaired) electrons. The molecule has 6 nitrogen and oxygen atoms in total. The zero-order valence-electron chi connectivity index (χ0n) is 13.9. The number of nitrogens with one attached hydrogen (secondary N) is 1. The van der Waals surface area contributed by atoms with Gasteiger partial charge in [-0.2, -0.15) is 0 Å². The van der Waals surface area contributed by atoms with Crippen molar-refractivity contribution in [3.63, 3.8) is 0 Å². The van der Waals surface area contributed by atoms with Crippen molar-refractivity contribution in [3.05, 3.63) is 41.3 Å². The van der Waals surface area contributed by atoms with Crippen LogP contribution in [-0.4, -0.2) is 38.9 Å². The number of hydrogen-bond acceptors (Lipinski definition) is 5. The molecule has 1 fully saturated rings. The molecule has 1 aromatic carbocycles. The molecule has 0 spiro atoms. The number of ether oxygens (including phenoxy) is 1. The predicted octanol–water partition coefficient (Wildman–Crippen LogP) is 3.18. The van der Waals surface area contributed by atoms with Crippen LogP contribution in [0.3, 0.4) is 0 Å². The average Bonchev–Trinajstić information content (AvgIpc) is 3.28. The summed E-state index contributed by atoms with van der Waals surface area (Å²) >= 11 is 0.991. The summed E-state index contributed by atoms with van der Waals surface area (Å²) in [4.78, 5) is 14.6. The third-order valence-electron chi connectivity index (χ3n) is 3.88. The van der Waals surface area contributed by atoms with E-state index in [1.165, 1.54) is 6.07 Å². The van der Waals surface area contributed by atoms with E-state index >= 15 is 0 Å². The quantitative estimate of drug-likeness (QED) is 0.835. The van der Waals surface area contributed by atoms with Crippen molar-refractivity contribution >= 4 is 33.0 Å². The number of para-hydroxylation sites is 2. The fraction of sp³-hybridized carbons (Fsp3) is 0.353. The van der Waals surface area contributed by atoms with Crippen molar-refractivity contribution in [1.82, 2.24) is 4.90 Å². The van der Waals surface area contributed by atoms with Crippen LogP contribution in [0.25, 0.3) is 0 Å². The monoisotopic (exact) mass is 380 g/mol. The van der Waals surface area contributed by atoms with E-state index in [0.717, 1.165) is 37.3 Å². The molecule has 0 bridgehead atoms. The van der Waals surface area contributed by atoms with Crippen molar-refractivity contribution < 1.29 is 17.9 Å². The first-order valence-corrected chi connectivity index (χ1v) is 10.4. The van der Waals surface area contributed by atoms with Crippen LogP contribution in [-0.2, 0) is 10.0 Å². The molecule has 1 amide bonds. The molecule has 1 aliphatic heterocycles. The van der Waals surface area contributed by atoms with Crippen LogP contribution in [0.1, 0.15) is 29.4 Å². The van der Waals surface area contributed by atoms with Crippen LogP contribution in [0.4, 0.5) is 5.69 Å². The fourth-order valence-electron chi connectivity index (χ4n) is 2.68. The van der Waals surface area contributed by atoms with E-state index in [2.05, 4.69) is 4.72 Å². The molecule has 25 heavy (non-hydrogen) atoms. The second kappa shape index (κ2) is 7.45. The Labute approximate surface area is 151 Å². The Hall–Kier alpha value is -2.06. The first-order valence-electron chi connectivity index (χ1n) is 8.15. The largest absolute Gasteiger partial charge is 0.492 e. The maximum Gasteiger partial charge on any atom is 0.271 e. The van der Waals surface area contributed by atoms with Crippen LogP contribution in [0.15, 0.2) is 40.6 Å². The zero-order chi connectivity index (χ0) is 17.9. The number of anilines is 1. The lowest BCUT2D eigenvalue weighted by Crippen LogP contribution is -2.26. The van der Waals surface area contributed by atoms with Gasteiger partial charge in [-0.05, 0) is 44.0 Å². The molecule has 1 aromatic heterocycles. The molecule has 1 N–H and O–H groups in total. The Bertz CT molecular complexity index is 855. The van der Waals surface area contributed by atoms with Crippen molar-refractivity contribution in [2.45, 2.75) is 24.0 Å². The van der Waals surface area contributed by atoms with Crippen LogP contribution >= 0.6 is 11.3 Å². The molecule has 3 rings (SSSR count). The topological polar surface area (TPSA) is 75.7 Å². The summed E-state index contributed by atoms with van der Waals surface area (Å²) in [6.07, 6.45) is 2.00. The molecule has 2 aromatic rings. The standard InChI is InChI=1S/C17H20N2O4S2/c1-2-23-14-8-4-3-7-13(14)18-25(21,22)16-10-9-15(24-16)17(20)19-11-5-6-12-19/h3-4,7-10,18H,2,5-6,11-12H2,1H3. The van der Waals surface area contributed by atoms with Gasteiger partial charge in [0.1, 0.15) is 9.96 Å². The molecule has 1 saturated heterocycles. The molecule has 0 atom stereocenters. The van der Waals surface area contributed by atoms with E-state index < -0.39 is 10.0 Å². The molecule has 0 aliphatic carbocycles. The van der Waals surface area contributed by atoms with E-state index in [1.807, 2.05) is 6.92 Å². The van der Waals surface area contributed by atoms with Gasteiger partial charge in [-0.1, -0.05) is 12.1 Å². The van der Waals surface area contributed by atoms with Crippen LogP contribution < -0.4 is 9.46 Å². The summed E-state index contributed by atoms with van der Waals surface area (Å²) in [5.41, 5.74) is 0.380.